The number of carbonyl (C=O) groups is 2. The van der Waals surface area contributed by atoms with Crippen molar-refractivity contribution in [1.29, 1.82) is 0 Å². The Kier molecular flexibility index (Phi) is 6.33. The second-order valence-electron chi connectivity index (χ2n) is 10.8. The third-order valence-corrected chi connectivity index (χ3v) is 8.93. The average Bonchev–Trinajstić information content (AvgIpc) is 3.49. The highest BCUT2D eigenvalue weighted by Gasteiger charge is 2.57. The van der Waals surface area contributed by atoms with Gasteiger partial charge in [-0.3, -0.25) is 0 Å². The molecule has 3 aliphatic heterocycles. The molecule has 0 saturated carbocycles. The summed E-state index contributed by atoms with van der Waals surface area (Å²) in [6.45, 7) is 2.53. The molecule has 3 aromatic rings. The molecule has 5 nitrogen and oxygen atoms in total. The fourth-order valence-electron chi connectivity index (χ4n) is 7.22. The monoisotopic (exact) mass is 496 g/mol. The quantitative estimate of drug-likeness (QED) is 0.328. The van der Waals surface area contributed by atoms with Crippen molar-refractivity contribution >= 4 is 11.9 Å². The first kappa shape index (κ1) is 23.9. The van der Waals surface area contributed by atoms with Crippen LogP contribution in [0.3, 0.4) is 0 Å². The van der Waals surface area contributed by atoms with Crippen molar-refractivity contribution in [2.75, 3.05) is 13.1 Å². The Morgan fingerprint density at radius 2 is 1.19 bits per heavy atom. The van der Waals surface area contributed by atoms with Crippen LogP contribution in [0.2, 0.25) is 0 Å². The topological polar surface area (TPSA) is 52.6 Å². The van der Waals surface area contributed by atoms with Crippen molar-refractivity contribution in [3.63, 3.8) is 0 Å². The molecule has 0 amide bonds. The molecule has 3 saturated heterocycles. The first-order valence-electron chi connectivity index (χ1n) is 13.6. The van der Waals surface area contributed by atoms with E-state index >= 15 is 0 Å². The van der Waals surface area contributed by atoms with Gasteiger partial charge in [0.25, 0.3) is 5.60 Å². The number of carbonyl (C=O) groups excluding carboxylic acids is 2. The number of esters is 2. The average molecular weight is 497 g/mol. The molecule has 2 atom stereocenters. The fraction of sp³-hybridized carbons (Fsp3) is 0.375. The zero-order valence-corrected chi connectivity index (χ0v) is 21.1. The molecule has 190 valence electrons. The highest BCUT2D eigenvalue weighted by molar-refractivity contribution is 5.95. The van der Waals surface area contributed by atoms with Gasteiger partial charge in [0.15, 0.2) is 0 Å². The van der Waals surface area contributed by atoms with Crippen molar-refractivity contribution in [3.8, 4) is 0 Å². The van der Waals surface area contributed by atoms with E-state index < -0.39 is 17.5 Å². The molecule has 5 heteroatoms. The van der Waals surface area contributed by atoms with Gasteiger partial charge in [0.05, 0.1) is 30.7 Å². The summed E-state index contributed by atoms with van der Waals surface area (Å²) < 4.78 is 13.8. The van der Waals surface area contributed by atoms with Crippen LogP contribution in [0.25, 0.3) is 0 Å². The molecule has 2 unspecified atom stereocenters. The van der Waals surface area contributed by atoms with E-state index in [1.807, 2.05) is 66.7 Å². The van der Waals surface area contributed by atoms with E-state index in [1.54, 1.807) is 24.3 Å². The second kappa shape index (κ2) is 9.79. The maximum Gasteiger partial charge on any atom is 0.360 e. The smallest absolute Gasteiger partial charge is 0.360 e. The molecular weight excluding hydrogens is 462 g/mol. The highest BCUT2D eigenvalue weighted by atomic mass is 16.6. The lowest BCUT2D eigenvalue weighted by Crippen LogP contribution is -2.60. The Bertz CT molecular complexity index is 1180. The Morgan fingerprint density at radius 3 is 1.70 bits per heavy atom. The minimum atomic E-state index is -1.70. The summed E-state index contributed by atoms with van der Waals surface area (Å²) >= 11 is 0. The van der Waals surface area contributed by atoms with Crippen molar-refractivity contribution < 1.29 is 23.5 Å². The Hall–Kier alpha value is -3.44. The molecule has 6 rings (SSSR count). The molecule has 0 radical (unpaired) electrons. The minimum absolute atomic E-state index is 0.170. The largest absolute Gasteiger partial charge is 0.458 e. The summed E-state index contributed by atoms with van der Waals surface area (Å²) in [5.41, 5.74) is -0.149. The standard InChI is InChI=1S/C32H34NO4/c34-30(24-12-4-1-5-13-24)37-32(25-14-6-2-7-15-25,26-16-8-3-9-17-26)31(35)36-29-22-27-18-19-28(23-29)33(27)20-10-11-21-33/h1-9,12-17,27-29H,10-11,18-23H2/q+1. The molecule has 0 aromatic heterocycles. The molecule has 0 aliphatic carbocycles. The van der Waals surface area contributed by atoms with Crippen LogP contribution in [0, 0.1) is 0 Å². The predicted molar refractivity (Wildman–Crippen MR) is 141 cm³/mol. The van der Waals surface area contributed by atoms with Gasteiger partial charge in [-0.2, -0.15) is 0 Å². The number of benzene rings is 3. The molecule has 3 aliphatic rings. The summed E-state index contributed by atoms with van der Waals surface area (Å²) in [6.07, 6.45) is 6.63. The van der Waals surface area contributed by atoms with E-state index in [9.17, 15) is 9.59 Å². The van der Waals surface area contributed by atoms with Crippen molar-refractivity contribution in [3.05, 3.63) is 108 Å². The second-order valence-corrected chi connectivity index (χ2v) is 10.8. The third kappa shape index (κ3) is 4.15. The summed E-state index contributed by atoms with van der Waals surface area (Å²) in [5.74, 6) is -1.08. The van der Waals surface area contributed by atoms with Gasteiger partial charge in [-0.15, -0.1) is 0 Å². The van der Waals surface area contributed by atoms with E-state index in [1.165, 1.54) is 43.3 Å². The molecule has 3 fully saturated rings. The van der Waals surface area contributed by atoms with E-state index in [4.69, 9.17) is 9.47 Å². The van der Waals surface area contributed by atoms with Crippen LogP contribution in [0.1, 0.15) is 60.0 Å². The van der Waals surface area contributed by atoms with Crippen molar-refractivity contribution in [1.82, 2.24) is 0 Å². The van der Waals surface area contributed by atoms with Crippen LogP contribution in [0.5, 0.6) is 0 Å². The van der Waals surface area contributed by atoms with Gasteiger partial charge < -0.3 is 14.0 Å². The van der Waals surface area contributed by atoms with Gasteiger partial charge in [0, 0.05) is 49.7 Å². The Balaban J connectivity index is 1.36. The molecule has 3 heterocycles. The van der Waals surface area contributed by atoms with Crippen LogP contribution in [-0.2, 0) is 19.9 Å². The van der Waals surface area contributed by atoms with Crippen molar-refractivity contribution in [2.45, 2.75) is 62.3 Å². The number of nitrogens with zero attached hydrogens (tertiary/aromatic N) is 1. The van der Waals surface area contributed by atoms with Gasteiger partial charge in [-0.25, -0.2) is 9.59 Å². The number of piperidine rings is 1. The molecule has 0 N–H and O–H groups in total. The molecule has 2 bridgehead atoms. The van der Waals surface area contributed by atoms with E-state index in [0.29, 0.717) is 28.8 Å². The van der Waals surface area contributed by atoms with Crippen LogP contribution in [0.15, 0.2) is 91.0 Å². The summed E-state index contributed by atoms with van der Waals surface area (Å²) in [6, 6.07) is 28.5. The lowest BCUT2D eigenvalue weighted by atomic mass is 9.85. The molecule has 1 spiro atoms. The fourth-order valence-corrected chi connectivity index (χ4v) is 7.22. The van der Waals surface area contributed by atoms with Crippen LogP contribution in [-0.4, -0.2) is 47.7 Å². The van der Waals surface area contributed by atoms with E-state index in [-0.39, 0.29) is 6.10 Å². The predicted octanol–water partition coefficient (Wildman–Crippen LogP) is 5.63. The molecule has 37 heavy (non-hydrogen) atoms. The van der Waals surface area contributed by atoms with E-state index in [0.717, 1.165) is 12.8 Å². The summed E-state index contributed by atoms with van der Waals surface area (Å²) in [4.78, 5) is 27.8. The van der Waals surface area contributed by atoms with Gasteiger partial charge in [-0.1, -0.05) is 78.9 Å². The maximum absolute atomic E-state index is 14.3. The summed E-state index contributed by atoms with van der Waals surface area (Å²) in [5, 5.41) is 0. The Labute approximate surface area is 218 Å². The number of hydrogen-bond donors (Lipinski definition) is 0. The zero-order valence-electron chi connectivity index (χ0n) is 21.1. The first-order valence-corrected chi connectivity index (χ1v) is 13.6. The SMILES string of the molecule is O=C(OC(C(=O)OC1CC2CCC(C1)[N+]21CCCC1)(c1ccccc1)c1ccccc1)c1ccccc1. The number of quaternary nitrogens is 1. The highest BCUT2D eigenvalue weighted by Crippen LogP contribution is 2.47. The lowest BCUT2D eigenvalue weighted by molar-refractivity contribution is -0.956. The van der Waals surface area contributed by atoms with E-state index in [2.05, 4.69) is 0 Å². The number of hydrogen-bond acceptors (Lipinski definition) is 4. The van der Waals surface area contributed by atoms with Gasteiger partial charge in [0.2, 0.25) is 0 Å². The minimum Gasteiger partial charge on any atom is -0.458 e. The molecule has 3 aromatic carbocycles. The van der Waals surface area contributed by atoms with Gasteiger partial charge >= 0.3 is 11.9 Å². The third-order valence-electron chi connectivity index (χ3n) is 8.93. The van der Waals surface area contributed by atoms with Crippen LogP contribution < -0.4 is 0 Å². The first-order chi connectivity index (χ1) is 18.1. The maximum atomic E-state index is 14.3. The zero-order chi connectivity index (χ0) is 25.3. The molecular formula is C32H34NO4+. The number of ether oxygens (including phenoxy) is 2. The van der Waals surface area contributed by atoms with Crippen LogP contribution in [0.4, 0.5) is 0 Å². The normalized spacial score (nSPS) is 24.1. The van der Waals surface area contributed by atoms with Gasteiger partial charge in [0.1, 0.15) is 6.10 Å². The summed E-state index contributed by atoms with van der Waals surface area (Å²) in [7, 11) is 0. The number of rotatable bonds is 6. The lowest BCUT2D eigenvalue weighted by Gasteiger charge is -2.47. The Morgan fingerprint density at radius 1 is 0.703 bits per heavy atom. The van der Waals surface area contributed by atoms with Gasteiger partial charge in [-0.05, 0) is 12.1 Å². The van der Waals surface area contributed by atoms with Crippen molar-refractivity contribution in [2.24, 2.45) is 0 Å². The van der Waals surface area contributed by atoms with Crippen LogP contribution >= 0.6 is 0 Å².